The van der Waals surface area contributed by atoms with Gasteiger partial charge in [-0.15, -0.1) is 10.2 Å². The van der Waals surface area contributed by atoms with Crippen LogP contribution in [0.3, 0.4) is 0 Å². The van der Waals surface area contributed by atoms with Crippen LogP contribution < -0.4 is 0 Å². The fourth-order valence-corrected chi connectivity index (χ4v) is 4.79. The van der Waals surface area contributed by atoms with Gasteiger partial charge in [0.2, 0.25) is 0 Å². The highest BCUT2D eigenvalue weighted by Crippen LogP contribution is 2.34. The van der Waals surface area contributed by atoms with Crippen molar-refractivity contribution >= 4 is 58.0 Å². The third kappa shape index (κ3) is 4.21. The van der Waals surface area contributed by atoms with E-state index >= 15 is 0 Å². The highest BCUT2D eigenvalue weighted by Gasteiger charge is 2.14. The summed E-state index contributed by atoms with van der Waals surface area (Å²) in [5.41, 5.74) is 2.12. The van der Waals surface area contributed by atoms with Crippen LogP contribution in [0.4, 0.5) is 8.78 Å². The maximum Gasteiger partial charge on any atom is 0.181 e. The van der Waals surface area contributed by atoms with E-state index in [2.05, 4.69) is 20.2 Å². The van der Waals surface area contributed by atoms with Crippen molar-refractivity contribution in [3.05, 3.63) is 65.4 Å². The summed E-state index contributed by atoms with van der Waals surface area (Å²) in [6, 6.07) is 11.8. The molecule has 0 atom stereocenters. The van der Waals surface area contributed by atoms with Gasteiger partial charge in [-0.25, -0.2) is 18.7 Å². The van der Waals surface area contributed by atoms with Gasteiger partial charge in [-0.3, -0.25) is 0 Å². The molecule has 0 spiro atoms. The monoisotopic (exact) mass is 430 g/mol. The summed E-state index contributed by atoms with van der Waals surface area (Å²) in [5, 5.41) is 8.77. The zero-order valence-electron chi connectivity index (χ0n) is 14.5. The first-order chi connectivity index (χ1) is 13.6. The van der Waals surface area contributed by atoms with Crippen molar-refractivity contribution in [1.82, 2.24) is 20.2 Å². The highest BCUT2D eigenvalue weighted by molar-refractivity contribution is 8.03. The van der Waals surface area contributed by atoms with Gasteiger partial charge < -0.3 is 0 Å². The van der Waals surface area contributed by atoms with E-state index in [4.69, 9.17) is 0 Å². The van der Waals surface area contributed by atoms with Crippen molar-refractivity contribution in [1.29, 1.82) is 0 Å². The van der Waals surface area contributed by atoms with E-state index in [1.54, 1.807) is 0 Å². The molecule has 0 N–H and O–H groups in total. The van der Waals surface area contributed by atoms with E-state index in [0.29, 0.717) is 15.1 Å². The Morgan fingerprint density at radius 2 is 1.57 bits per heavy atom. The average Bonchev–Trinajstić information content (AvgIpc) is 3.16. The number of hydrogen-bond donors (Lipinski definition) is 0. The fraction of sp³-hybridized carbons (Fsp3) is 0.0526. The van der Waals surface area contributed by atoms with Crippen molar-refractivity contribution in [2.24, 2.45) is 0 Å². The number of halogens is 2. The van der Waals surface area contributed by atoms with Crippen LogP contribution in [0.5, 0.6) is 0 Å². The lowest BCUT2D eigenvalue weighted by atomic mass is 10.2. The maximum atomic E-state index is 13.6. The van der Waals surface area contributed by atoms with E-state index in [0.717, 1.165) is 22.0 Å². The van der Waals surface area contributed by atoms with E-state index in [9.17, 15) is 8.78 Å². The largest absolute Gasteiger partial charge is 0.244 e. The Morgan fingerprint density at radius 1 is 0.893 bits per heavy atom. The lowest BCUT2D eigenvalue weighted by molar-refractivity contribution is 0.510. The molecule has 0 saturated heterocycles. The molecule has 2 aromatic carbocycles. The smallest absolute Gasteiger partial charge is 0.181 e. The Bertz CT molecular complexity index is 1160. The summed E-state index contributed by atoms with van der Waals surface area (Å²) in [6.07, 6.45) is 5.63. The Kier molecular flexibility index (Phi) is 5.65. The minimum atomic E-state index is -0.953. The fourth-order valence-electron chi connectivity index (χ4n) is 2.38. The van der Waals surface area contributed by atoms with Crippen LogP contribution in [0.2, 0.25) is 0 Å². The summed E-state index contributed by atoms with van der Waals surface area (Å²) in [6.45, 7) is 0. The highest BCUT2D eigenvalue weighted by atomic mass is 32.2. The zero-order valence-corrected chi connectivity index (χ0v) is 16.9. The molecule has 0 aliphatic carbocycles. The maximum absolute atomic E-state index is 13.6. The normalized spacial score (nSPS) is 11.5. The molecule has 0 saturated carbocycles. The van der Waals surface area contributed by atoms with Crippen molar-refractivity contribution in [2.45, 2.75) is 13.7 Å². The predicted molar refractivity (Wildman–Crippen MR) is 111 cm³/mol. The third-order valence-electron chi connectivity index (χ3n) is 3.68. The molecule has 0 radical (unpaired) electrons. The Labute approximate surface area is 172 Å². The number of aromatic nitrogens is 4. The molecule has 0 amide bonds. The van der Waals surface area contributed by atoms with Crippen LogP contribution in [-0.2, 0) is 0 Å². The van der Waals surface area contributed by atoms with Gasteiger partial charge in [0.15, 0.2) is 20.3 Å². The van der Waals surface area contributed by atoms with E-state index < -0.39 is 11.6 Å². The summed E-state index contributed by atoms with van der Waals surface area (Å²) in [5.74, 6) is -1.90. The molecule has 9 heteroatoms. The van der Waals surface area contributed by atoms with Crippen molar-refractivity contribution in [3.63, 3.8) is 0 Å². The van der Waals surface area contributed by atoms with Crippen molar-refractivity contribution in [2.75, 3.05) is 6.26 Å². The lowest BCUT2D eigenvalue weighted by Gasteiger charge is -2.06. The van der Waals surface area contributed by atoms with Gasteiger partial charge in [-0.1, -0.05) is 59.5 Å². The average molecular weight is 431 g/mol. The molecule has 0 aliphatic heterocycles. The van der Waals surface area contributed by atoms with Gasteiger partial charge >= 0.3 is 0 Å². The standard InChI is InChI=1S/C19H12F2N4S3/c1-26-18-24-25-19(28-18)27-17-14(8-7-11-5-3-2-4-6-11)22-15-9-12(20)13(21)10-16(15)23-17/h2-10H,1H3. The molecule has 0 aliphatic rings. The Balaban J connectivity index is 1.79. The van der Waals surface area contributed by atoms with Gasteiger partial charge in [0.05, 0.1) is 16.7 Å². The second-order valence-corrected chi connectivity index (χ2v) is 8.82. The van der Waals surface area contributed by atoms with E-state index in [1.807, 2.05) is 48.7 Å². The summed E-state index contributed by atoms with van der Waals surface area (Å²) in [4.78, 5) is 8.98. The lowest BCUT2D eigenvalue weighted by Crippen LogP contribution is -1.95. The van der Waals surface area contributed by atoms with Gasteiger partial charge in [0, 0.05) is 12.1 Å². The van der Waals surface area contributed by atoms with Crippen LogP contribution in [0.25, 0.3) is 23.2 Å². The SMILES string of the molecule is CSc1nnc(Sc2nc3cc(F)c(F)cc3nc2C=Cc2ccccc2)s1. The molecule has 0 unspecified atom stereocenters. The molecule has 2 heterocycles. The molecule has 2 aromatic heterocycles. The molecule has 4 rings (SSSR count). The first kappa shape index (κ1) is 19.0. The molecular formula is C19H12F2N4S3. The van der Waals surface area contributed by atoms with Crippen LogP contribution in [0, 0.1) is 11.6 Å². The Morgan fingerprint density at radius 3 is 2.25 bits per heavy atom. The van der Waals surface area contributed by atoms with Crippen molar-refractivity contribution < 1.29 is 8.78 Å². The first-order valence-electron chi connectivity index (χ1n) is 8.07. The minimum absolute atomic E-state index is 0.285. The summed E-state index contributed by atoms with van der Waals surface area (Å²) >= 11 is 4.25. The van der Waals surface area contributed by atoms with Gasteiger partial charge in [0.25, 0.3) is 0 Å². The van der Waals surface area contributed by atoms with E-state index in [-0.39, 0.29) is 11.0 Å². The second-order valence-electron chi connectivity index (χ2n) is 5.55. The summed E-state index contributed by atoms with van der Waals surface area (Å²) in [7, 11) is 0. The first-order valence-corrected chi connectivity index (χ1v) is 10.9. The van der Waals surface area contributed by atoms with Crippen LogP contribution in [-0.4, -0.2) is 26.4 Å². The van der Waals surface area contributed by atoms with Gasteiger partial charge in [-0.05, 0) is 29.7 Å². The topological polar surface area (TPSA) is 51.6 Å². The Hall–Kier alpha value is -2.36. The molecule has 4 nitrogen and oxygen atoms in total. The predicted octanol–water partition coefficient (Wildman–Crippen LogP) is 5.80. The molecule has 140 valence electrons. The number of hydrogen-bond acceptors (Lipinski definition) is 7. The molecule has 0 bridgehead atoms. The minimum Gasteiger partial charge on any atom is -0.244 e. The zero-order chi connectivity index (χ0) is 19.5. The third-order valence-corrected chi connectivity index (χ3v) is 6.62. The molecular weight excluding hydrogens is 418 g/mol. The number of nitrogens with zero attached hydrogens (tertiary/aromatic N) is 4. The molecule has 0 fully saturated rings. The number of benzene rings is 2. The number of fused-ring (bicyclic) bond motifs is 1. The van der Waals surface area contributed by atoms with Gasteiger partial charge in [0.1, 0.15) is 5.03 Å². The van der Waals surface area contributed by atoms with Crippen LogP contribution >= 0.6 is 34.9 Å². The van der Waals surface area contributed by atoms with E-state index in [1.165, 1.54) is 34.9 Å². The molecule has 28 heavy (non-hydrogen) atoms. The van der Waals surface area contributed by atoms with Crippen molar-refractivity contribution in [3.8, 4) is 0 Å². The number of rotatable bonds is 5. The summed E-state index contributed by atoms with van der Waals surface area (Å²) < 4.78 is 28.8. The quantitative estimate of drug-likeness (QED) is 0.373. The van der Waals surface area contributed by atoms with Gasteiger partial charge in [-0.2, -0.15) is 0 Å². The second kappa shape index (κ2) is 8.34. The van der Waals surface area contributed by atoms with Crippen LogP contribution in [0.1, 0.15) is 11.3 Å². The molecule has 4 aromatic rings. The number of thioether (sulfide) groups is 1. The van der Waals surface area contributed by atoms with Crippen LogP contribution in [0.15, 0.2) is 56.2 Å².